The number of anilines is 1. The molecule has 4 heterocycles. The van der Waals surface area contributed by atoms with Gasteiger partial charge in [0.15, 0.2) is 11.6 Å². The molecule has 2 aromatic carbocycles. The highest BCUT2D eigenvalue weighted by Gasteiger charge is 2.44. The van der Waals surface area contributed by atoms with Crippen LogP contribution in [-0.2, 0) is 0 Å². The van der Waals surface area contributed by atoms with Crippen LogP contribution < -0.4 is 15.2 Å². The number of piperidine rings is 1. The van der Waals surface area contributed by atoms with Crippen molar-refractivity contribution < 1.29 is 31.8 Å². The molecule has 0 radical (unpaired) electrons. The van der Waals surface area contributed by atoms with Crippen LogP contribution in [-0.4, -0.2) is 44.4 Å². The molecule has 2 aromatic heterocycles. The van der Waals surface area contributed by atoms with E-state index >= 15 is 4.39 Å². The Bertz CT molecular complexity index is 1510. The molecule has 180 valence electrons. The fourth-order valence-electron chi connectivity index (χ4n) is 4.93. The Labute approximate surface area is 194 Å². The lowest BCUT2D eigenvalue weighted by Crippen LogP contribution is -2.44. The molecule has 2 aliphatic heterocycles. The van der Waals surface area contributed by atoms with E-state index < -0.39 is 42.0 Å². The Morgan fingerprint density at radius 2 is 2.00 bits per heavy atom. The first-order valence-corrected chi connectivity index (χ1v) is 10.8. The van der Waals surface area contributed by atoms with Crippen LogP contribution in [0.5, 0.6) is 11.5 Å². The van der Waals surface area contributed by atoms with Gasteiger partial charge in [0, 0.05) is 24.2 Å². The van der Waals surface area contributed by atoms with Crippen molar-refractivity contribution in [3.8, 4) is 11.5 Å². The monoisotopic (exact) mass is 487 g/mol. The average Bonchev–Trinajstić information content (AvgIpc) is 3.44. The van der Waals surface area contributed by atoms with Gasteiger partial charge in [-0.3, -0.25) is 9.20 Å². The van der Waals surface area contributed by atoms with E-state index in [4.69, 9.17) is 10.5 Å². The van der Waals surface area contributed by atoms with E-state index in [1.54, 1.807) is 4.40 Å². The molecule has 12 heteroatoms. The summed E-state index contributed by atoms with van der Waals surface area (Å²) in [5.41, 5.74) is 7.23. The number of imidazole rings is 1. The molecule has 2 aliphatic rings. The Morgan fingerprint density at radius 3 is 2.80 bits per heavy atom. The third kappa shape index (κ3) is 3.31. The molecule has 0 bridgehead atoms. The molecule has 0 aliphatic carbocycles. The smallest absolute Gasteiger partial charge is 0.387 e. The van der Waals surface area contributed by atoms with Gasteiger partial charge < -0.3 is 20.1 Å². The second-order valence-corrected chi connectivity index (χ2v) is 8.41. The fraction of sp³-hybridized carbons (Fsp3) is 0.261. The Morgan fingerprint density at radius 1 is 1.17 bits per heavy atom. The van der Waals surface area contributed by atoms with Crippen LogP contribution >= 0.6 is 0 Å². The van der Waals surface area contributed by atoms with Crippen LogP contribution in [0.4, 0.5) is 23.4 Å². The highest BCUT2D eigenvalue weighted by atomic mass is 19.3. The number of likely N-dealkylation sites (tertiary alicyclic amines) is 1. The standard InChI is InChI=1S/C23H17F4N5O3/c24-12-6-14-15(32-9-29-8-16(32)21(28)30-14)5-10(12)22(33)31-3-1-2-17-20(31)11-4-13(25)19(35-23(26)27)7-18(11)34-17/h4-9,17,20,23H,1-3H2,(H2,28,30)/t17-,20-/m0/s1. The van der Waals surface area contributed by atoms with Gasteiger partial charge in [-0.2, -0.15) is 8.78 Å². The minimum absolute atomic E-state index is 0.149. The summed E-state index contributed by atoms with van der Waals surface area (Å²) in [4.78, 5) is 23.3. The van der Waals surface area contributed by atoms with Gasteiger partial charge in [-0.05, 0) is 25.0 Å². The van der Waals surface area contributed by atoms with Gasteiger partial charge >= 0.3 is 6.61 Å². The Balaban J connectivity index is 1.42. The molecule has 1 saturated heterocycles. The predicted molar refractivity (Wildman–Crippen MR) is 115 cm³/mol. The van der Waals surface area contributed by atoms with Crippen LogP contribution in [0.15, 0.2) is 36.8 Å². The third-order valence-electron chi connectivity index (χ3n) is 6.41. The molecule has 0 unspecified atom stereocenters. The summed E-state index contributed by atoms with van der Waals surface area (Å²) in [5, 5.41) is 0. The Hall–Kier alpha value is -4.09. The number of aromatic nitrogens is 3. The van der Waals surface area contributed by atoms with Gasteiger partial charge in [-0.15, -0.1) is 0 Å². The lowest BCUT2D eigenvalue weighted by atomic mass is 9.93. The SMILES string of the molecule is Nc1nc2cc(F)c(C(=O)N3CCC[C@@H]4Oc5cc(OC(F)F)c(F)cc5[C@@H]43)cc2n2cncc12. The number of hydrogen-bond donors (Lipinski definition) is 1. The van der Waals surface area contributed by atoms with Crippen molar-refractivity contribution in [1.29, 1.82) is 0 Å². The molecule has 8 nitrogen and oxygen atoms in total. The second-order valence-electron chi connectivity index (χ2n) is 8.41. The van der Waals surface area contributed by atoms with E-state index in [0.29, 0.717) is 29.4 Å². The van der Waals surface area contributed by atoms with Crippen molar-refractivity contribution in [2.75, 3.05) is 12.3 Å². The number of carbonyl (C=O) groups is 1. The number of rotatable bonds is 3. The summed E-state index contributed by atoms with van der Waals surface area (Å²) in [5.74, 6) is -2.74. The topological polar surface area (TPSA) is 95.0 Å². The molecule has 0 spiro atoms. The number of nitrogens with two attached hydrogens (primary N) is 1. The number of nitrogens with zero attached hydrogens (tertiary/aromatic N) is 4. The molecular weight excluding hydrogens is 470 g/mol. The van der Waals surface area contributed by atoms with Crippen LogP contribution in [0.3, 0.4) is 0 Å². The van der Waals surface area contributed by atoms with Gasteiger partial charge in [-0.25, -0.2) is 18.7 Å². The van der Waals surface area contributed by atoms with E-state index in [9.17, 15) is 18.0 Å². The number of fused-ring (bicyclic) bond motifs is 6. The second kappa shape index (κ2) is 7.72. The first-order valence-electron chi connectivity index (χ1n) is 10.8. The number of hydrogen-bond acceptors (Lipinski definition) is 6. The van der Waals surface area contributed by atoms with Crippen molar-refractivity contribution in [3.05, 3.63) is 59.6 Å². The predicted octanol–water partition coefficient (Wildman–Crippen LogP) is 4.08. The molecule has 2 atom stereocenters. The molecule has 0 saturated carbocycles. The zero-order valence-electron chi connectivity index (χ0n) is 17.9. The molecule has 6 rings (SSSR count). The largest absolute Gasteiger partial charge is 0.487 e. The van der Waals surface area contributed by atoms with Crippen LogP contribution in [0.25, 0.3) is 16.6 Å². The molecule has 2 N–H and O–H groups in total. The normalized spacial score (nSPS) is 19.2. The maximum Gasteiger partial charge on any atom is 0.387 e. The first-order chi connectivity index (χ1) is 16.8. The van der Waals surface area contributed by atoms with Crippen molar-refractivity contribution in [3.63, 3.8) is 0 Å². The number of nitrogen functional groups attached to an aromatic ring is 1. The van der Waals surface area contributed by atoms with Gasteiger partial charge in [0.25, 0.3) is 5.91 Å². The van der Waals surface area contributed by atoms with Crippen LogP contribution in [0, 0.1) is 11.6 Å². The van der Waals surface area contributed by atoms with E-state index in [0.717, 1.165) is 18.2 Å². The molecule has 1 fully saturated rings. The van der Waals surface area contributed by atoms with Crippen molar-refractivity contribution in [2.24, 2.45) is 0 Å². The molecule has 1 amide bonds. The van der Waals surface area contributed by atoms with Crippen LogP contribution in [0.1, 0.15) is 34.8 Å². The van der Waals surface area contributed by atoms with Gasteiger partial charge in [0.1, 0.15) is 29.0 Å². The van der Waals surface area contributed by atoms with Crippen molar-refractivity contribution in [1.82, 2.24) is 19.3 Å². The quantitative estimate of drug-likeness (QED) is 0.438. The first kappa shape index (κ1) is 21.4. The summed E-state index contributed by atoms with van der Waals surface area (Å²) in [6, 6.07) is 3.89. The van der Waals surface area contributed by atoms with Gasteiger partial charge in [0.05, 0.1) is 35.2 Å². The average molecular weight is 487 g/mol. The number of benzene rings is 2. The number of halogens is 4. The fourth-order valence-corrected chi connectivity index (χ4v) is 4.93. The Kier molecular flexibility index (Phi) is 4.73. The van der Waals surface area contributed by atoms with E-state index in [-0.39, 0.29) is 29.2 Å². The number of amides is 1. The van der Waals surface area contributed by atoms with E-state index in [1.807, 2.05) is 0 Å². The number of alkyl halides is 2. The van der Waals surface area contributed by atoms with E-state index in [1.165, 1.54) is 23.5 Å². The number of carbonyl (C=O) groups excluding carboxylic acids is 1. The molecule has 4 aromatic rings. The lowest BCUT2D eigenvalue weighted by molar-refractivity contribution is -0.0523. The summed E-state index contributed by atoms with van der Waals surface area (Å²) >= 11 is 0. The highest BCUT2D eigenvalue weighted by Crippen LogP contribution is 2.47. The van der Waals surface area contributed by atoms with Crippen LogP contribution in [0.2, 0.25) is 0 Å². The minimum atomic E-state index is -3.20. The maximum atomic E-state index is 15.1. The van der Waals surface area contributed by atoms with E-state index in [2.05, 4.69) is 14.7 Å². The van der Waals surface area contributed by atoms with Gasteiger partial charge in [0.2, 0.25) is 0 Å². The maximum absolute atomic E-state index is 15.1. The molecule has 35 heavy (non-hydrogen) atoms. The highest BCUT2D eigenvalue weighted by molar-refractivity contribution is 5.99. The zero-order valence-corrected chi connectivity index (χ0v) is 17.9. The summed E-state index contributed by atoms with van der Waals surface area (Å²) in [6.07, 6.45) is 3.57. The third-order valence-corrected chi connectivity index (χ3v) is 6.41. The summed E-state index contributed by atoms with van der Waals surface area (Å²) in [6.45, 7) is -2.93. The summed E-state index contributed by atoms with van der Waals surface area (Å²) in [7, 11) is 0. The molecular formula is C23H17F4N5O3. The van der Waals surface area contributed by atoms with Gasteiger partial charge in [-0.1, -0.05) is 0 Å². The summed E-state index contributed by atoms with van der Waals surface area (Å²) < 4.78 is 66.5. The lowest BCUT2D eigenvalue weighted by Gasteiger charge is -2.36. The van der Waals surface area contributed by atoms with Crippen molar-refractivity contribution >= 4 is 28.3 Å². The number of ether oxygens (including phenoxy) is 2. The van der Waals surface area contributed by atoms with Crippen molar-refractivity contribution in [2.45, 2.75) is 31.6 Å². The zero-order chi connectivity index (χ0) is 24.4. The minimum Gasteiger partial charge on any atom is -0.487 e.